The summed E-state index contributed by atoms with van der Waals surface area (Å²) in [6.07, 6.45) is 12.5. The average molecular weight is 615 g/mol. The highest BCUT2D eigenvalue weighted by molar-refractivity contribution is 5.45. The second kappa shape index (κ2) is 11.7. The maximum atomic E-state index is 4.61. The van der Waals surface area contributed by atoms with E-state index < -0.39 is 0 Å². The van der Waals surface area contributed by atoms with Crippen LogP contribution in [0, 0.1) is 41.5 Å². The van der Waals surface area contributed by atoms with Gasteiger partial charge in [-0.25, -0.2) is 33.5 Å². The molecule has 0 saturated carbocycles. The molecule has 0 atom stereocenters. The van der Waals surface area contributed by atoms with Crippen molar-refractivity contribution in [3.8, 4) is 0 Å². The maximum absolute atomic E-state index is 4.61. The van der Waals surface area contributed by atoms with Gasteiger partial charge in [0.25, 0.3) is 0 Å². The smallest absolute Gasteiger partial charge is 0.177 e. The zero-order chi connectivity index (χ0) is 31.9. The molecule has 0 aliphatic rings. The van der Waals surface area contributed by atoms with Gasteiger partial charge in [0.05, 0.1) is 39.9 Å². The van der Waals surface area contributed by atoms with E-state index in [1.54, 1.807) is 0 Å². The molecule has 46 heavy (non-hydrogen) atoms. The van der Waals surface area contributed by atoms with Gasteiger partial charge in [-0.3, -0.25) is 15.0 Å². The van der Waals surface area contributed by atoms with Crippen LogP contribution >= 0.6 is 0 Å². The Bertz CT molecular complexity index is 2120. The summed E-state index contributed by atoms with van der Waals surface area (Å²) in [7, 11) is 0. The SMILES string of the molecule is Cc1ncc(C)n2nc(CCc3cn4ccccc4n3)nc12.Cc1ncc(C)n2nc(CCc3nc4c(C)ncc(C)n4n3)nc12. The van der Waals surface area contributed by atoms with E-state index in [0.717, 1.165) is 92.8 Å². The van der Waals surface area contributed by atoms with Crippen molar-refractivity contribution in [2.75, 3.05) is 0 Å². The number of aryl methyl sites for hydroxylation is 10. The van der Waals surface area contributed by atoms with Crippen molar-refractivity contribution >= 4 is 22.6 Å². The zero-order valence-corrected chi connectivity index (χ0v) is 26.7. The van der Waals surface area contributed by atoms with Gasteiger partial charge in [0, 0.05) is 50.2 Å². The number of fused-ring (bicyclic) bond motifs is 4. The molecule has 0 amide bonds. The van der Waals surface area contributed by atoms with E-state index in [-0.39, 0.29) is 0 Å². The van der Waals surface area contributed by atoms with Crippen LogP contribution in [0.1, 0.15) is 57.3 Å². The first-order valence-electron chi connectivity index (χ1n) is 15.2. The molecule has 0 fully saturated rings. The largest absolute Gasteiger partial charge is 0.307 e. The van der Waals surface area contributed by atoms with Crippen molar-refractivity contribution in [2.45, 2.75) is 67.2 Å². The van der Waals surface area contributed by atoms with Gasteiger partial charge in [-0.2, -0.15) is 15.3 Å². The first-order valence-corrected chi connectivity index (χ1v) is 15.2. The van der Waals surface area contributed by atoms with Gasteiger partial charge in [-0.1, -0.05) is 6.07 Å². The van der Waals surface area contributed by atoms with E-state index in [4.69, 9.17) is 0 Å². The predicted molar refractivity (Wildman–Crippen MR) is 171 cm³/mol. The van der Waals surface area contributed by atoms with E-state index >= 15 is 0 Å². The molecule has 14 nitrogen and oxygen atoms in total. The van der Waals surface area contributed by atoms with Gasteiger partial charge in [-0.15, -0.1) is 0 Å². The zero-order valence-electron chi connectivity index (χ0n) is 26.7. The monoisotopic (exact) mass is 614 g/mol. The minimum Gasteiger partial charge on any atom is -0.307 e. The summed E-state index contributed by atoms with van der Waals surface area (Å²) in [5.41, 5.74) is 10.1. The molecule has 0 aromatic carbocycles. The van der Waals surface area contributed by atoms with Crippen LogP contribution < -0.4 is 0 Å². The van der Waals surface area contributed by atoms with Crippen molar-refractivity contribution in [2.24, 2.45) is 0 Å². The summed E-state index contributed by atoms with van der Waals surface area (Å²) >= 11 is 0. The molecule has 8 aromatic heterocycles. The number of pyridine rings is 1. The Morgan fingerprint density at radius 3 is 1.37 bits per heavy atom. The first kappa shape index (κ1) is 29.1. The van der Waals surface area contributed by atoms with Crippen LogP contribution in [0.25, 0.3) is 22.6 Å². The van der Waals surface area contributed by atoms with Gasteiger partial charge in [0.1, 0.15) is 5.65 Å². The molecule has 0 N–H and O–H groups in total. The third-order valence-electron chi connectivity index (χ3n) is 7.85. The van der Waals surface area contributed by atoms with E-state index in [2.05, 4.69) is 56.4 Å². The highest BCUT2D eigenvalue weighted by atomic mass is 15.3. The first-order chi connectivity index (χ1) is 22.2. The molecular formula is C32H34N14. The van der Waals surface area contributed by atoms with Crippen LogP contribution in [-0.4, -0.2) is 68.1 Å². The Labute approximate surface area is 264 Å². The molecule has 0 saturated heterocycles. The number of aromatic nitrogens is 14. The average Bonchev–Trinajstić information content (AvgIpc) is 3.85. The van der Waals surface area contributed by atoms with E-state index in [1.807, 2.05) is 102 Å². The predicted octanol–water partition coefficient (Wildman–Crippen LogP) is 3.75. The number of nitrogens with zero attached hydrogens (tertiary/aromatic N) is 14. The summed E-state index contributed by atoms with van der Waals surface area (Å²) in [5.74, 6) is 2.38. The molecule has 0 bridgehead atoms. The van der Waals surface area contributed by atoms with Crippen LogP contribution in [0.3, 0.4) is 0 Å². The summed E-state index contributed by atoms with van der Waals surface area (Å²) in [6, 6.07) is 6.00. The summed E-state index contributed by atoms with van der Waals surface area (Å²) < 4.78 is 7.58. The molecule has 0 spiro atoms. The third-order valence-corrected chi connectivity index (χ3v) is 7.85. The number of rotatable bonds is 6. The Hall–Kier alpha value is -5.66. The lowest BCUT2D eigenvalue weighted by atomic mass is 10.2. The highest BCUT2D eigenvalue weighted by Gasteiger charge is 2.13. The van der Waals surface area contributed by atoms with Crippen LogP contribution in [0.2, 0.25) is 0 Å². The van der Waals surface area contributed by atoms with Crippen molar-refractivity contribution < 1.29 is 0 Å². The van der Waals surface area contributed by atoms with E-state index in [1.165, 1.54) is 0 Å². The van der Waals surface area contributed by atoms with Crippen molar-refractivity contribution in [3.05, 3.63) is 107 Å². The summed E-state index contributed by atoms with van der Waals surface area (Å²) in [6.45, 7) is 11.8. The van der Waals surface area contributed by atoms with Crippen LogP contribution in [-0.2, 0) is 25.7 Å². The molecule has 0 aliphatic carbocycles. The maximum Gasteiger partial charge on any atom is 0.177 e. The lowest BCUT2D eigenvalue weighted by Crippen LogP contribution is -1.99. The fourth-order valence-electron chi connectivity index (χ4n) is 5.30. The molecule has 8 heterocycles. The molecule has 232 valence electrons. The Balaban J connectivity index is 0.000000147. The Morgan fingerprint density at radius 2 is 0.957 bits per heavy atom. The van der Waals surface area contributed by atoms with Gasteiger partial charge in [0.15, 0.2) is 34.4 Å². The fraction of sp³-hybridized carbons (Fsp3) is 0.312. The van der Waals surface area contributed by atoms with Gasteiger partial charge < -0.3 is 4.40 Å². The van der Waals surface area contributed by atoms with Gasteiger partial charge in [-0.05, 0) is 60.1 Å². The second-order valence-electron chi connectivity index (χ2n) is 11.4. The molecule has 0 aliphatic heterocycles. The lowest BCUT2D eigenvalue weighted by molar-refractivity contribution is 0.775. The van der Waals surface area contributed by atoms with Crippen LogP contribution in [0.4, 0.5) is 0 Å². The standard InChI is InChI=1S/C16H18N8.C16H16N6/c1-9-7-17-11(3)15-19-13(21-23(9)15)5-6-14-20-16-12(4)18-8-10(2)24(16)22-14;1-11-9-17-12(2)16-19-14(20-22(11)16)7-6-13-10-21-8-4-3-5-15(21)18-13/h7-8H,5-6H2,1-4H3;3-5,8-10H,6-7H2,1-2H3. The minimum absolute atomic E-state index is 0.683. The minimum atomic E-state index is 0.683. The van der Waals surface area contributed by atoms with Crippen molar-refractivity contribution in [1.29, 1.82) is 0 Å². The normalized spacial score (nSPS) is 11.6. The van der Waals surface area contributed by atoms with E-state index in [0.29, 0.717) is 12.8 Å². The molecule has 14 heteroatoms. The van der Waals surface area contributed by atoms with Crippen molar-refractivity contribution in [1.82, 2.24) is 68.1 Å². The Kier molecular flexibility index (Phi) is 7.39. The summed E-state index contributed by atoms with van der Waals surface area (Å²) in [5, 5.41) is 13.7. The molecular weight excluding hydrogens is 580 g/mol. The highest BCUT2D eigenvalue weighted by Crippen LogP contribution is 2.13. The van der Waals surface area contributed by atoms with Gasteiger partial charge in [0.2, 0.25) is 0 Å². The lowest BCUT2D eigenvalue weighted by Gasteiger charge is -1.97. The van der Waals surface area contributed by atoms with E-state index in [9.17, 15) is 0 Å². The molecule has 8 rings (SSSR count). The third kappa shape index (κ3) is 5.53. The van der Waals surface area contributed by atoms with Gasteiger partial charge >= 0.3 is 0 Å². The fourth-order valence-corrected chi connectivity index (χ4v) is 5.30. The molecule has 8 aromatic rings. The quantitative estimate of drug-likeness (QED) is 0.271. The number of hydrogen-bond donors (Lipinski definition) is 0. The van der Waals surface area contributed by atoms with Crippen molar-refractivity contribution in [3.63, 3.8) is 0 Å². The topological polar surface area (TPSA) is 147 Å². The molecule has 0 radical (unpaired) electrons. The number of imidazole rings is 1. The van der Waals surface area contributed by atoms with Crippen LogP contribution in [0.5, 0.6) is 0 Å². The Morgan fingerprint density at radius 1 is 0.522 bits per heavy atom. The molecule has 0 unspecified atom stereocenters. The second-order valence-corrected chi connectivity index (χ2v) is 11.4. The van der Waals surface area contributed by atoms with Crippen LogP contribution in [0.15, 0.2) is 49.2 Å². The summed E-state index contributed by atoms with van der Waals surface area (Å²) in [4.78, 5) is 31.4. The number of hydrogen-bond acceptors (Lipinski definition) is 10.